The number of hydrogen-bond acceptors (Lipinski definition) is 4. The zero-order valence-electron chi connectivity index (χ0n) is 10.2. The molecule has 1 aromatic heterocycles. The van der Waals surface area contributed by atoms with Crippen molar-refractivity contribution in [3.05, 3.63) is 30.5 Å². The van der Waals surface area contributed by atoms with Crippen molar-refractivity contribution in [3.63, 3.8) is 0 Å². The number of hydrogen-bond donors (Lipinski definition) is 3. The molecule has 2 aromatic rings. The van der Waals surface area contributed by atoms with Crippen molar-refractivity contribution in [2.75, 3.05) is 17.6 Å². The van der Waals surface area contributed by atoms with E-state index in [9.17, 15) is 5.11 Å². The van der Waals surface area contributed by atoms with Crippen LogP contribution in [0.3, 0.4) is 0 Å². The molecule has 94 valence electrons. The van der Waals surface area contributed by atoms with Gasteiger partial charge >= 0.3 is 0 Å². The zero-order chi connectivity index (χ0) is 12.6. The molecule has 0 spiro atoms. The molecular formula is C14H17N3O. The van der Waals surface area contributed by atoms with Crippen LogP contribution in [0.5, 0.6) is 0 Å². The van der Waals surface area contributed by atoms with Crippen molar-refractivity contribution in [1.29, 1.82) is 0 Å². The molecule has 0 radical (unpaired) electrons. The SMILES string of the molecule is Nc1c(NCC2(O)CCC2)ccc2ncccc12. The fraction of sp³-hybridized carbons (Fsp3) is 0.357. The summed E-state index contributed by atoms with van der Waals surface area (Å²) in [6.45, 7) is 0.559. The van der Waals surface area contributed by atoms with Crippen molar-refractivity contribution in [2.24, 2.45) is 0 Å². The highest BCUT2D eigenvalue weighted by Crippen LogP contribution is 2.33. The highest BCUT2D eigenvalue weighted by atomic mass is 16.3. The number of fused-ring (bicyclic) bond motifs is 1. The van der Waals surface area contributed by atoms with E-state index < -0.39 is 5.60 Å². The molecule has 3 rings (SSSR count). The Bertz CT molecular complexity index is 578. The maximum Gasteiger partial charge on any atom is 0.0819 e. The number of benzene rings is 1. The van der Waals surface area contributed by atoms with Gasteiger partial charge in [-0.25, -0.2) is 0 Å². The van der Waals surface area contributed by atoms with E-state index in [1.807, 2.05) is 24.3 Å². The minimum Gasteiger partial charge on any atom is -0.397 e. The topological polar surface area (TPSA) is 71.2 Å². The molecule has 0 unspecified atom stereocenters. The fourth-order valence-corrected chi connectivity index (χ4v) is 2.35. The van der Waals surface area contributed by atoms with Crippen LogP contribution in [0.15, 0.2) is 30.5 Å². The summed E-state index contributed by atoms with van der Waals surface area (Å²) in [4.78, 5) is 4.26. The van der Waals surface area contributed by atoms with E-state index in [0.29, 0.717) is 12.2 Å². The lowest BCUT2D eigenvalue weighted by Gasteiger charge is -2.37. The molecule has 4 nitrogen and oxygen atoms in total. The summed E-state index contributed by atoms with van der Waals surface area (Å²) in [5.74, 6) is 0. The van der Waals surface area contributed by atoms with Crippen LogP contribution in [0.4, 0.5) is 11.4 Å². The summed E-state index contributed by atoms with van der Waals surface area (Å²) in [5.41, 5.74) is 8.04. The lowest BCUT2D eigenvalue weighted by molar-refractivity contribution is -0.0201. The van der Waals surface area contributed by atoms with Crippen LogP contribution in [0, 0.1) is 0 Å². The Hall–Kier alpha value is -1.81. The van der Waals surface area contributed by atoms with Gasteiger partial charge in [-0.05, 0) is 43.5 Å². The van der Waals surface area contributed by atoms with E-state index in [2.05, 4.69) is 10.3 Å². The maximum absolute atomic E-state index is 10.1. The number of nitrogens with two attached hydrogens (primary N) is 1. The maximum atomic E-state index is 10.1. The molecule has 1 aliphatic carbocycles. The predicted molar refractivity (Wildman–Crippen MR) is 73.4 cm³/mol. The average molecular weight is 243 g/mol. The molecule has 1 aliphatic rings. The monoisotopic (exact) mass is 243 g/mol. The average Bonchev–Trinajstić information content (AvgIpc) is 2.36. The van der Waals surface area contributed by atoms with Gasteiger partial charge in [0.1, 0.15) is 0 Å². The zero-order valence-corrected chi connectivity index (χ0v) is 10.2. The Labute approximate surface area is 106 Å². The second-order valence-electron chi connectivity index (χ2n) is 5.03. The summed E-state index contributed by atoms with van der Waals surface area (Å²) in [6.07, 6.45) is 4.60. The van der Waals surface area contributed by atoms with Gasteiger partial charge in [-0.1, -0.05) is 0 Å². The fourth-order valence-electron chi connectivity index (χ4n) is 2.35. The van der Waals surface area contributed by atoms with Gasteiger partial charge in [-0.15, -0.1) is 0 Å². The van der Waals surface area contributed by atoms with E-state index in [1.165, 1.54) is 0 Å². The van der Waals surface area contributed by atoms with Crippen molar-refractivity contribution in [1.82, 2.24) is 4.98 Å². The smallest absolute Gasteiger partial charge is 0.0819 e. The number of nitrogens with zero attached hydrogens (tertiary/aromatic N) is 1. The van der Waals surface area contributed by atoms with Crippen LogP contribution in [-0.4, -0.2) is 22.2 Å². The van der Waals surface area contributed by atoms with E-state index in [1.54, 1.807) is 6.20 Å². The Kier molecular flexibility index (Phi) is 2.59. The molecule has 0 saturated heterocycles. The lowest BCUT2D eigenvalue weighted by atomic mass is 9.80. The third-order valence-electron chi connectivity index (χ3n) is 3.72. The molecule has 4 N–H and O–H groups in total. The largest absolute Gasteiger partial charge is 0.397 e. The quantitative estimate of drug-likeness (QED) is 0.722. The van der Waals surface area contributed by atoms with Crippen LogP contribution in [0.25, 0.3) is 10.9 Å². The molecular weight excluding hydrogens is 226 g/mol. The normalized spacial score (nSPS) is 17.4. The van der Waals surface area contributed by atoms with Gasteiger partial charge in [0, 0.05) is 18.1 Å². The number of pyridine rings is 1. The van der Waals surface area contributed by atoms with Crippen LogP contribution >= 0.6 is 0 Å². The highest BCUT2D eigenvalue weighted by molar-refractivity contribution is 5.96. The summed E-state index contributed by atoms with van der Waals surface area (Å²) in [6, 6.07) is 7.70. The molecule has 1 aromatic carbocycles. The highest BCUT2D eigenvalue weighted by Gasteiger charge is 2.34. The second kappa shape index (κ2) is 4.14. The molecule has 0 aliphatic heterocycles. The summed E-state index contributed by atoms with van der Waals surface area (Å²) in [7, 11) is 0. The number of nitrogens with one attached hydrogen (secondary N) is 1. The molecule has 1 saturated carbocycles. The van der Waals surface area contributed by atoms with E-state index in [4.69, 9.17) is 5.73 Å². The first kappa shape index (κ1) is 11.3. The number of anilines is 2. The summed E-state index contributed by atoms with van der Waals surface area (Å²) in [5, 5.41) is 14.3. The van der Waals surface area contributed by atoms with Crippen molar-refractivity contribution < 1.29 is 5.11 Å². The third-order valence-corrected chi connectivity index (χ3v) is 3.72. The molecule has 1 fully saturated rings. The van der Waals surface area contributed by atoms with Gasteiger partial charge < -0.3 is 16.2 Å². The summed E-state index contributed by atoms with van der Waals surface area (Å²) >= 11 is 0. The van der Waals surface area contributed by atoms with Crippen LogP contribution in [0.2, 0.25) is 0 Å². The first-order chi connectivity index (χ1) is 8.68. The minimum absolute atomic E-state index is 0.545. The first-order valence-electron chi connectivity index (χ1n) is 6.27. The Morgan fingerprint density at radius 1 is 1.33 bits per heavy atom. The first-order valence-corrected chi connectivity index (χ1v) is 6.27. The molecule has 0 bridgehead atoms. The van der Waals surface area contributed by atoms with E-state index in [-0.39, 0.29) is 0 Å². The molecule has 4 heteroatoms. The lowest BCUT2D eigenvalue weighted by Crippen LogP contribution is -2.43. The van der Waals surface area contributed by atoms with Crippen molar-refractivity contribution in [2.45, 2.75) is 24.9 Å². The predicted octanol–water partition coefficient (Wildman–Crippen LogP) is 2.14. The molecule has 18 heavy (non-hydrogen) atoms. The van der Waals surface area contributed by atoms with E-state index in [0.717, 1.165) is 35.9 Å². The minimum atomic E-state index is -0.545. The second-order valence-corrected chi connectivity index (χ2v) is 5.03. The van der Waals surface area contributed by atoms with Crippen LogP contribution in [-0.2, 0) is 0 Å². The van der Waals surface area contributed by atoms with Crippen molar-refractivity contribution >= 4 is 22.3 Å². The van der Waals surface area contributed by atoms with Gasteiger partial charge in [-0.3, -0.25) is 4.98 Å². The molecule has 0 amide bonds. The Morgan fingerprint density at radius 3 is 2.89 bits per heavy atom. The standard InChI is InChI=1S/C14H17N3O/c15-13-10-3-1-8-16-11(10)4-5-12(13)17-9-14(18)6-2-7-14/h1,3-5,8,17-18H,2,6-7,9,15H2. The van der Waals surface area contributed by atoms with Crippen molar-refractivity contribution in [3.8, 4) is 0 Å². The number of rotatable bonds is 3. The Morgan fingerprint density at radius 2 is 2.17 bits per heavy atom. The van der Waals surface area contributed by atoms with Crippen LogP contribution in [0.1, 0.15) is 19.3 Å². The molecule has 1 heterocycles. The molecule has 0 atom stereocenters. The third kappa shape index (κ3) is 1.88. The summed E-state index contributed by atoms with van der Waals surface area (Å²) < 4.78 is 0. The van der Waals surface area contributed by atoms with Gasteiger partial charge in [0.2, 0.25) is 0 Å². The number of aromatic nitrogens is 1. The van der Waals surface area contributed by atoms with Gasteiger partial charge in [0.15, 0.2) is 0 Å². The van der Waals surface area contributed by atoms with Gasteiger partial charge in [0.05, 0.1) is 22.5 Å². The van der Waals surface area contributed by atoms with Gasteiger partial charge in [0.25, 0.3) is 0 Å². The van der Waals surface area contributed by atoms with Crippen LogP contribution < -0.4 is 11.1 Å². The van der Waals surface area contributed by atoms with Gasteiger partial charge in [-0.2, -0.15) is 0 Å². The van der Waals surface area contributed by atoms with E-state index >= 15 is 0 Å². The number of aliphatic hydroxyl groups is 1. The number of nitrogen functional groups attached to an aromatic ring is 1. The Balaban J connectivity index is 1.86.